The monoisotopic (exact) mass is 1030 g/mol. The molecule has 1 amide bonds. The Hall–Kier alpha value is -5.77. The van der Waals surface area contributed by atoms with Crippen molar-refractivity contribution in [1.82, 2.24) is 29.2 Å². The van der Waals surface area contributed by atoms with Crippen LogP contribution in [0.2, 0.25) is 10.0 Å². The van der Waals surface area contributed by atoms with E-state index in [1.165, 1.54) is 5.56 Å². The summed E-state index contributed by atoms with van der Waals surface area (Å²) in [6, 6.07) is 27.5. The van der Waals surface area contributed by atoms with Crippen molar-refractivity contribution in [1.29, 1.82) is 0 Å². The fraction of sp³-hybridized carbons (Fsp3) is 0.456. The number of likely N-dealkylation sites (tertiary alicyclic amines) is 2. The van der Waals surface area contributed by atoms with Crippen LogP contribution in [-0.2, 0) is 30.9 Å². The molecule has 0 bridgehead atoms. The fourth-order valence-corrected chi connectivity index (χ4v) is 10.6. The minimum Gasteiger partial charge on any atom is -0.486 e. The number of nitrogens with one attached hydrogen (secondary N) is 1. The van der Waals surface area contributed by atoms with Gasteiger partial charge >= 0.3 is 6.09 Å². The molecule has 0 radical (unpaired) electrons. The molecule has 4 aliphatic heterocycles. The van der Waals surface area contributed by atoms with E-state index >= 15 is 0 Å². The smallest absolute Gasteiger partial charge is 0.410 e. The Kier molecular flexibility index (Phi) is 16.6. The molecule has 388 valence electrons. The number of hydrogen-bond donors (Lipinski definition) is 1. The van der Waals surface area contributed by atoms with E-state index in [2.05, 4.69) is 27.2 Å². The molecular weight excluding hydrogens is 968 g/mol. The van der Waals surface area contributed by atoms with Crippen molar-refractivity contribution in [2.24, 2.45) is 0 Å². The summed E-state index contributed by atoms with van der Waals surface area (Å²) in [5.41, 5.74) is 5.35. The van der Waals surface area contributed by atoms with E-state index < -0.39 is 5.60 Å². The van der Waals surface area contributed by atoms with Gasteiger partial charge in [-0.15, -0.1) is 0 Å². The van der Waals surface area contributed by atoms with Gasteiger partial charge in [-0.05, 0) is 144 Å². The molecule has 4 aliphatic rings. The summed E-state index contributed by atoms with van der Waals surface area (Å²) < 4.78 is 32.2. The van der Waals surface area contributed by atoms with E-state index in [-0.39, 0.29) is 23.3 Å². The number of nitrogens with zero attached hydrogens (tertiary/aromatic N) is 5. The van der Waals surface area contributed by atoms with E-state index in [1.807, 2.05) is 109 Å². The number of hydrogen-bond acceptors (Lipinski definition) is 11. The summed E-state index contributed by atoms with van der Waals surface area (Å²) >= 11 is 12.5. The second kappa shape index (κ2) is 23.2. The normalized spacial score (nSPS) is 16.5. The van der Waals surface area contributed by atoms with Crippen molar-refractivity contribution >= 4 is 51.1 Å². The molecular formula is C57H68Cl2N6O8. The van der Waals surface area contributed by atoms with Gasteiger partial charge in [-0.1, -0.05) is 47.5 Å². The molecule has 0 unspecified atom stereocenters. The molecule has 2 aromatic heterocycles. The number of aryl methyl sites for hydroxylation is 2. The minimum atomic E-state index is -0.587. The highest BCUT2D eigenvalue weighted by molar-refractivity contribution is 6.31. The van der Waals surface area contributed by atoms with E-state index in [0.717, 1.165) is 127 Å². The second-order valence-corrected chi connectivity index (χ2v) is 21.5. The molecule has 16 heteroatoms. The van der Waals surface area contributed by atoms with E-state index in [4.69, 9.17) is 46.9 Å². The quantitative estimate of drug-likeness (QED) is 0.126. The fourth-order valence-electron chi connectivity index (χ4n) is 10.3. The van der Waals surface area contributed by atoms with E-state index in [1.54, 1.807) is 12.1 Å². The number of piperidine rings is 2. The number of benzene rings is 4. The molecule has 73 heavy (non-hydrogen) atoms. The number of ether oxygens (including phenoxy) is 5. The van der Waals surface area contributed by atoms with Gasteiger partial charge in [-0.25, -0.2) is 4.79 Å². The number of amides is 1. The molecule has 2 fully saturated rings. The highest BCUT2D eigenvalue weighted by atomic mass is 35.5. The summed E-state index contributed by atoms with van der Waals surface area (Å²) in [5.74, 6) is 3.12. The van der Waals surface area contributed by atoms with Crippen LogP contribution < -0.4 is 35.4 Å². The van der Waals surface area contributed by atoms with Crippen LogP contribution in [0.3, 0.4) is 0 Å². The summed E-state index contributed by atoms with van der Waals surface area (Å²) in [4.78, 5) is 45.5. The molecule has 10 rings (SSSR count). The van der Waals surface area contributed by atoms with Crippen LogP contribution in [0.5, 0.6) is 23.0 Å². The van der Waals surface area contributed by atoms with Crippen LogP contribution in [0.4, 0.5) is 4.79 Å². The lowest BCUT2D eigenvalue weighted by Gasteiger charge is -2.39. The highest BCUT2D eigenvalue weighted by Gasteiger charge is 2.32. The Morgan fingerprint density at radius 3 is 1.59 bits per heavy atom. The average Bonchev–Trinajstić information content (AvgIpc) is 3.37. The number of carbonyl (C=O) groups is 1. The van der Waals surface area contributed by atoms with Gasteiger partial charge in [0, 0.05) is 97.4 Å². The second-order valence-electron chi connectivity index (χ2n) is 20.6. The van der Waals surface area contributed by atoms with Gasteiger partial charge in [-0.3, -0.25) is 9.59 Å². The Bertz CT molecular complexity index is 3050. The van der Waals surface area contributed by atoms with Gasteiger partial charge in [-0.2, -0.15) is 0 Å². The number of carbonyl (C=O) groups excluding carboxylic acids is 1. The van der Waals surface area contributed by atoms with Crippen molar-refractivity contribution in [2.75, 3.05) is 65.7 Å². The zero-order chi connectivity index (χ0) is 51.2. The van der Waals surface area contributed by atoms with Crippen molar-refractivity contribution in [3.8, 4) is 23.0 Å². The predicted molar refractivity (Wildman–Crippen MR) is 288 cm³/mol. The lowest BCUT2D eigenvalue weighted by atomic mass is 10.0. The summed E-state index contributed by atoms with van der Waals surface area (Å²) in [5, 5.41) is 7.09. The first-order valence-corrected chi connectivity index (χ1v) is 26.4. The van der Waals surface area contributed by atoms with Crippen LogP contribution in [0.25, 0.3) is 21.8 Å². The van der Waals surface area contributed by atoms with E-state index in [0.29, 0.717) is 67.9 Å². The third-order valence-electron chi connectivity index (χ3n) is 14.2. The molecule has 0 saturated carbocycles. The van der Waals surface area contributed by atoms with E-state index in [9.17, 15) is 14.4 Å². The molecule has 1 N–H and O–H groups in total. The molecule has 0 aliphatic carbocycles. The molecule has 0 atom stereocenters. The first-order valence-electron chi connectivity index (χ1n) is 25.7. The topological polar surface area (TPSA) is 129 Å². The Balaban J connectivity index is 0.000000183. The molecule has 6 heterocycles. The van der Waals surface area contributed by atoms with Crippen molar-refractivity contribution in [3.63, 3.8) is 0 Å². The van der Waals surface area contributed by atoms with Gasteiger partial charge < -0.3 is 52.8 Å². The Labute approximate surface area is 437 Å². The van der Waals surface area contributed by atoms with Crippen LogP contribution >= 0.6 is 23.2 Å². The highest BCUT2D eigenvalue weighted by Crippen LogP contribution is 2.33. The van der Waals surface area contributed by atoms with Gasteiger partial charge in [0.25, 0.3) is 11.1 Å². The van der Waals surface area contributed by atoms with Crippen molar-refractivity contribution in [2.45, 2.75) is 104 Å². The van der Waals surface area contributed by atoms with Crippen LogP contribution in [-0.4, -0.2) is 113 Å². The largest absolute Gasteiger partial charge is 0.486 e. The van der Waals surface area contributed by atoms with Gasteiger partial charge in [0.1, 0.15) is 32.0 Å². The summed E-state index contributed by atoms with van der Waals surface area (Å²) in [6.07, 6.45) is 3.52. The molecule has 2 saturated heterocycles. The number of pyridine rings is 2. The van der Waals surface area contributed by atoms with Gasteiger partial charge in [0.05, 0.1) is 11.0 Å². The van der Waals surface area contributed by atoms with Gasteiger partial charge in [0.2, 0.25) is 0 Å². The van der Waals surface area contributed by atoms with Crippen LogP contribution in [0.15, 0.2) is 94.5 Å². The maximum Gasteiger partial charge on any atom is 0.410 e. The number of halogens is 2. The maximum atomic E-state index is 13.3. The predicted octanol–water partition coefficient (Wildman–Crippen LogP) is 9.62. The zero-order valence-electron chi connectivity index (χ0n) is 42.7. The molecule has 0 spiro atoms. The minimum absolute atomic E-state index is 0.0160. The number of fused-ring (bicyclic) bond motifs is 4. The van der Waals surface area contributed by atoms with Gasteiger partial charge in [0.15, 0.2) is 23.0 Å². The number of aromatic nitrogens is 2. The SMILES string of the molecule is Cc1cc(=O)n(CCN2CCC(N(Cc3ccc4c(c3)OCCO4)C(=O)OC(C)(C)C)CC2)c2cc(Cl)ccc12.Cc1cc(=O)n(CCN2CCC(NCc3ccc4c(c3)OCCO4)CC2)c2cc(Cl)ccc12. The van der Waals surface area contributed by atoms with Crippen molar-refractivity contribution in [3.05, 3.63) is 138 Å². The Morgan fingerprint density at radius 2 is 1.08 bits per heavy atom. The third-order valence-corrected chi connectivity index (χ3v) is 14.7. The molecule has 14 nitrogen and oxygen atoms in total. The molecule has 4 aromatic carbocycles. The lowest BCUT2D eigenvalue weighted by molar-refractivity contribution is 0.00562. The third kappa shape index (κ3) is 13.1. The lowest BCUT2D eigenvalue weighted by Crippen LogP contribution is -2.49. The standard InChI is InChI=1S/C31H38ClN3O5.C26H30ClN3O3/c1-21-17-29(36)34(26-19-23(32)6-7-25(21)26)14-13-33-11-9-24(10-12-33)35(30(37)40-31(2,3)4)20-22-5-8-27-28(18-22)39-16-15-38-27;1-18-14-26(31)30(23-16-20(27)3-4-22(18)23)11-10-29-8-6-21(7-9-29)28-17-19-2-5-24-25(15-19)33-13-12-32-24/h5-8,17-19,24H,9-16,20H2,1-4H3;2-5,14-16,21,28H,6-13,17H2,1H3. The van der Waals surface area contributed by atoms with Crippen LogP contribution in [0, 0.1) is 13.8 Å². The molecule has 6 aromatic rings. The Morgan fingerprint density at radius 1 is 0.616 bits per heavy atom. The average molecular weight is 1040 g/mol. The van der Waals surface area contributed by atoms with Crippen molar-refractivity contribution < 1.29 is 28.5 Å². The first-order chi connectivity index (χ1) is 35.1. The maximum absolute atomic E-state index is 13.3. The first kappa shape index (κ1) is 52.1. The zero-order valence-corrected chi connectivity index (χ0v) is 44.2. The van der Waals surface area contributed by atoms with Crippen LogP contribution in [0.1, 0.15) is 68.7 Å². The number of rotatable bonds is 12. The summed E-state index contributed by atoms with van der Waals surface area (Å²) in [6.45, 7) is 19.7. The summed E-state index contributed by atoms with van der Waals surface area (Å²) in [7, 11) is 0.